The predicted molar refractivity (Wildman–Crippen MR) is 125 cm³/mol. The molecule has 0 amide bonds. The van der Waals surface area contributed by atoms with E-state index in [9.17, 15) is 13.2 Å². The van der Waals surface area contributed by atoms with Crippen LogP contribution < -0.4 is 10.2 Å². The van der Waals surface area contributed by atoms with E-state index in [1.54, 1.807) is 7.05 Å². The number of aromatic nitrogens is 2. The van der Waals surface area contributed by atoms with E-state index in [2.05, 4.69) is 22.1 Å². The highest BCUT2D eigenvalue weighted by molar-refractivity contribution is 7.89. The monoisotopic (exact) mass is 484 g/mol. The molecule has 34 heavy (non-hydrogen) atoms. The summed E-state index contributed by atoms with van der Waals surface area (Å²) in [7, 11) is -1.94. The van der Waals surface area contributed by atoms with E-state index in [0.717, 1.165) is 13.1 Å². The second kappa shape index (κ2) is 9.36. The van der Waals surface area contributed by atoms with Gasteiger partial charge in [0.1, 0.15) is 12.0 Å². The van der Waals surface area contributed by atoms with Gasteiger partial charge in [-0.25, -0.2) is 8.42 Å². The summed E-state index contributed by atoms with van der Waals surface area (Å²) in [5.41, 5.74) is 2.42. The van der Waals surface area contributed by atoms with Crippen molar-refractivity contribution >= 4 is 10.0 Å². The summed E-state index contributed by atoms with van der Waals surface area (Å²) in [5.74, 6) is 0.970. The summed E-state index contributed by atoms with van der Waals surface area (Å²) >= 11 is 0. The average Bonchev–Trinajstić information content (AvgIpc) is 3.44. The van der Waals surface area contributed by atoms with Crippen LogP contribution in [0.1, 0.15) is 29.7 Å². The van der Waals surface area contributed by atoms with Gasteiger partial charge in [-0.2, -0.15) is 9.40 Å². The van der Waals surface area contributed by atoms with E-state index in [4.69, 9.17) is 9.15 Å². The Morgan fingerprint density at radius 3 is 2.44 bits per heavy atom. The van der Waals surface area contributed by atoms with Gasteiger partial charge in [-0.1, -0.05) is 24.3 Å². The molecule has 0 aliphatic carbocycles. The number of aryl methyl sites for hydroxylation is 1. The quantitative estimate of drug-likeness (QED) is 0.508. The standard InChI is InChI=1S/C24H28N4O5S/c1-26-24(6-9-25-26)34(30,31)28-10-7-18(8-11-28)16-33-23-17-32-21(12-22(23)29)15-27-13-19-4-2-3-5-20(19)14-27/h2-6,9,12,17-18H,7-8,10-11,13-16H2,1H3. The minimum atomic E-state index is -3.55. The molecule has 0 saturated carbocycles. The molecule has 9 nitrogen and oxygen atoms in total. The largest absolute Gasteiger partial charge is 0.486 e. The zero-order valence-corrected chi connectivity index (χ0v) is 19.9. The minimum absolute atomic E-state index is 0.167. The Hall–Kier alpha value is -2.95. The number of rotatable bonds is 7. The summed E-state index contributed by atoms with van der Waals surface area (Å²) in [6, 6.07) is 11.3. The molecular formula is C24H28N4O5S. The lowest BCUT2D eigenvalue weighted by Crippen LogP contribution is -2.40. The molecule has 0 bridgehead atoms. The average molecular weight is 485 g/mol. The lowest BCUT2D eigenvalue weighted by Gasteiger charge is -2.30. The van der Waals surface area contributed by atoms with Crippen LogP contribution in [0.4, 0.5) is 0 Å². The van der Waals surface area contributed by atoms with Crippen LogP contribution in [0.3, 0.4) is 0 Å². The first-order chi connectivity index (χ1) is 16.4. The van der Waals surface area contributed by atoms with Gasteiger partial charge in [-0.05, 0) is 36.0 Å². The number of hydrogen-bond acceptors (Lipinski definition) is 7. The van der Waals surface area contributed by atoms with Crippen LogP contribution in [0, 0.1) is 5.92 Å². The maximum absolute atomic E-state index is 12.8. The predicted octanol–water partition coefficient (Wildman–Crippen LogP) is 2.37. The van der Waals surface area contributed by atoms with Crippen LogP contribution in [0.2, 0.25) is 0 Å². The molecule has 0 atom stereocenters. The van der Waals surface area contributed by atoms with E-state index in [0.29, 0.717) is 44.8 Å². The highest BCUT2D eigenvalue weighted by atomic mass is 32.2. The topological polar surface area (TPSA) is 97.9 Å². The normalized spacial score (nSPS) is 17.7. The van der Waals surface area contributed by atoms with E-state index < -0.39 is 10.0 Å². The molecule has 2 aromatic heterocycles. The van der Waals surface area contributed by atoms with Crippen molar-refractivity contribution in [3.8, 4) is 5.75 Å². The van der Waals surface area contributed by atoms with Gasteiger partial charge in [-0.3, -0.25) is 14.4 Å². The van der Waals surface area contributed by atoms with E-state index in [-0.39, 0.29) is 22.1 Å². The van der Waals surface area contributed by atoms with Gasteiger partial charge in [-0.15, -0.1) is 0 Å². The number of piperidine rings is 1. The first-order valence-corrected chi connectivity index (χ1v) is 12.9. The van der Waals surface area contributed by atoms with Crippen LogP contribution in [0.25, 0.3) is 0 Å². The summed E-state index contributed by atoms with van der Waals surface area (Å²) in [5, 5.41) is 4.15. The molecule has 180 valence electrons. The Morgan fingerprint density at radius 2 is 1.82 bits per heavy atom. The van der Waals surface area contributed by atoms with Crippen molar-refractivity contribution in [2.45, 2.75) is 37.5 Å². The SMILES string of the molecule is Cn1nccc1S(=O)(=O)N1CCC(COc2coc(CN3Cc4ccccc4C3)cc2=O)CC1. The Balaban J connectivity index is 1.12. The van der Waals surface area contributed by atoms with E-state index in [1.807, 2.05) is 12.1 Å². The molecule has 1 aromatic carbocycles. The Bertz CT molecular complexity index is 1300. The van der Waals surface area contributed by atoms with Crippen LogP contribution in [-0.4, -0.2) is 47.1 Å². The number of sulfonamides is 1. The molecule has 0 radical (unpaired) electrons. The van der Waals surface area contributed by atoms with Crippen molar-refractivity contribution in [2.24, 2.45) is 13.0 Å². The zero-order valence-electron chi connectivity index (χ0n) is 19.1. The lowest BCUT2D eigenvalue weighted by molar-refractivity contribution is 0.179. The number of fused-ring (bicyclic) bond motifs is 1. The third-order valence-electron chi connectivity index (χ3n) is 6.57. The van der Waals surface area contributed by atoms with Gasteiger partial charge >= 0.3 is 0 Å². The van der Waals surface area contributed by atoms with Crippen molar-refractivity contribution in [1.82, 2.24) is 19.0 Å². The molecule has 2 aliphatic rings. The molecule has 0 spiro atoms. The van der Waals surface area contributed by atoms with Crippen LogP contribution in [0.5, 0.6) is 5.75 Å². The zero-order chi connectivity index (χ0) is 23.7. The minimum Gasteiger partial charge on any atom is -0.486 e. The fourth-order valence-corrected chi connectivity index (χ4v) is 6.20. The molecule has 2 aliphatic heterocycles. The van der Waals surface area contributed by atoms with Gasteiger partial charge < -0.3 is 9.15 Å². The lowest BCUT2D eigenvalue weighted by atomic mass is 9.99. The molecule has 4 heterocycles. The summed E-state index contributed by atoms with van der Waals surface area (Å²) in [6.45, 7) is 3.42. The maximum Gasteiger partial charge on any atom is 0.260 e. The van der Waals surface area contributed by atoms with Crippen molar-refractivity contribution in [3.05, 3.63) is 76.0 Å². The molecule has 10 heteroatoms. The third-order valence-corrected chi connectivity index (χ3v) is 8.54. The second-order valence-corrected chi connectivity index (χ2v) is 10.8. The molecule has 3 aromatic rings. The fraction of sp³-hybridized carbons (Fsp3) is 0.417. The number of hydrogen-bond donors (Lipinski definition) is 0. The molecule has 0 unspecified atom stereocenters. The van der Waals surface area contributed by atoms with Crippen molar-refractivity contribution < 1.29 is 17.6 Å². The molecular weight excluding hydrogens is 456 g/mol. The summed E-state index contributed by atoms with van der Waals surface area (Å²) < 4.78 is 39.9. The fourth-order valence-electron chi connectivity index (χ4n) is 4.63. The highest BCUT2D eigenvalue weighted by Crippen LogP contribution is 2.25. The maximum atomic E-state index is 12.8. The molecule has 5 rings (SSSR count). The Labute approximate surface area is 198 Å². The van der Waals surface area contributed by atoms with Crippen LogP contribution >= 0.6 is 0 Å². The molecule has 1 fully saturated rings. The Kier molecular flexibility index (Phi) is 6.28. The summed E-state index contributed by atoms with van der Waals surface area (Å²) in [6.07, 6.45) is 4.20. The van der Waals surface area contributed by atoms with E-state index >= 15 is 0 Å². The van der Waals surface area contributed by atoms with Gasteiger partial charge in [0.15, 0.2) is 5.03 Å². The first-order valence-electron chi connectivity index (χ1n) is 11.4. The first kappa shape index (κ1) is 22.8. The van der Waals surface area contributed by atoms with Gasteiger partial charge in [0, 0.05) is 39.3 Å². The van der Waals surface area contributed by atoms with Crippen LogP contribution in [-0.2, 0) is 36.7 Å². The van der Waals surface area contributed by atoms with Crippen molar-refractivity contribution in [3.63, 3.8) is 0 Å². The highest BCUT2D eigenvalue weighted by Gasteiger charge is 2.31. The number of nitrogens with zero attached hydrogens (tertiary/aromatic N) is 4. The van der Waals surface area contributed by atoms with E-state index in [1.165, 1.54) is 44.7 Å². The number of ether oxygens (including phenoxy) is 1. The van der Waals surface area contributed by atoms with Gasteiger partial charge in [0.05, 0.1) is 19.3 Å². The smallest absolute Gasteiger partial charge is 0.260 e. The molecule has 1 saturated heterocycles. The third kappa shape index (κ3) is 4.66. The van der Waals surface area contributed by atoms with Crippen LogP contribution in [0.15, 0.2) is 63.1 Å². The molecule has 0 N–H and O–H groups in total. The van der Waals surface area contributed by atoms with Crippen molar-refractivity contribution in [1.29, 1.82) is 0 Å². The summed E-state index contributed by atoms with van der Waals surface area (Å²) in [4.78, 5) is 14.8. The second-order valence-electron chi connectivity index (χ2n) is 8.94. The van der Waals surface area contributed by atoms with Crippen molar-refractivity contribution in [2.75, 3.05) is 19.7 Å². The number of benzene rings is 1. The van der Waals surface area contributed by atoms with Gasteiger partial charge in [0.2, 0.25) is 11.2 Å². The van der Waals surface area contributed by atoms with Gasteiger partial charge in [0.25, 0.3) is 10.0 Å². The Morgan fingerprint density at radius 1 is 1.12 bits per heavy atom.